The van der Waals surface area contributed by atoms with Gasteiger partial charge in [0.2, 0.25) is 5.95 Å². The summed E-state index contributed by atoms with van der Waals surface area (Å²) in [4.78, 5) is 13.2. The maximum atomic E-state index is 5.78. The molecule has 4 nitrogen and oxygen atoms in total. The van der Waals surface area contributed by atoms with Gasteiger partial charge < -0.3 is 4.90 Å². The van der Waals surface area contributed by atoms with Crippen molar-refractivity contribution in [2.75, 3.05) is 49.6 Å². The smallest absolute Gasteiger partial charge is 0.225 e. The lowest BCUT2D eigenvalue weighted by Gasteiger charge is -2.34. The van der Waals surface area contributed by atoms with E-state index in [2.05, 4.69) is 26.0 Å². The van der Waals surface area contributed by atoms with Crippen LogP contribution in [0.3, 0.4) is 0 Å². The Bertz CT molecular complexity index is 338. The number of halogens is 1. The van der Waals surface area contributed by atoms with Crippen LogP contribution in [0.1, 0.15) is 0 Å². The summed E-state index contributed by atoms with van der Waals surface area (Å²) >= 11 is 7.68. The molecule has 1 saturated heterocycles. The molecule has 94 valence electrons. The van der Waals surface area contributed by atoms with Crippen molar-refractivity contribution in [3.05, 3.63) is 17.4 Å². The zero-order chi connectivity index (χ0) is 12.1. The topological polar surface area (TPSA) is 32.3 Å². The SMILES string of the molecule is CSCCN1CCN(c2ncc(Cl)cn2)CC1. The number of aromatic nitrogens is 2. The maximum Gasteiger partial charge on any atom is 0.225 e. The van der Waals surface area contributed by atoms with Crippen LogP contribution in [0.2, 0.25) is 5.02 Å². The van der Waals surface area contributed by atoms with Crippen molar-refractivity contribution < 1.29 is 0 Å². The molecule has 2 rings (SSSR count). The number of piperazine rings is 1. The second-order valence-corrected chi connectivity index (χ2v) is 5.44. The van der Waals surface area contributed by atoms with Gasteiger partial charge in [-0.2, -0.15) is 11.8 Å². The van der Waals surface area contributed by atoms with Crippen LogP contribution in [-0.4, -0.2) is 59.6 Å². The monoisotopic (exact) mass is 272 g/mol. The van der Waals surface area contributed by atoms with E-state index in [1.165, 1.54) is 12.3 Å². The molecular formula is C11H17ClN4S. The molecule has 0 spiro atoms. The van der Waals surface area contributed by atoms with Gasteiger partial charge in [0.1, 0.15) is 0 Å². The average molecular weight is 273 g/mol. The fraction of sp³-hybridized carbons (Fsp3) is 0.636. The summed E-state index contributed by atoms with van der Waals surface area (Å²) in [5, 5.41) is 0.590. The maximum absolute atomic E-state index is 5.78. The lowest BCUT2D eigenvalue weighted by atomic mass is 10.3. The fourth-order valence-corrected chi connectivity index (χ4v) is 2.40. The van der Waals surface area contributed by atoms with Crippen LogP contribution in [0.5, 0.6) is 0 Å². The number of anilines is 1. The standard InChI is InChI=1S/C11H17ClN4S/c1-17-7-6-15-2-4-16(5-3-15)11-13-8-10(12)9-14-11/h8-9H,2-7H2,1H3. The van der Waals surface area contributed by atoms with Gasteiger partial charge >= 0.3 is 0 Å². The molecule has 1 fully saturated rings. The first-order chi connectivity index (χ1) is 8.29. The molecule has 0 atom stereocenters. The zero-order valence-electron chi connectivity index (χ0n) is 9.97. The summed E-state index contributed by atoms with van der Waals surface area (Å²) in [7, 11) is 0. The molecule has 1 aromatic heterocycles. The predicted octanol–water partition coefficient (Wildman–Crippen LogP) is 1.61. The van der Waals surface area contributed by atoms with Gasteiger partial charge in [-0.15, -0.1) is 0 Å². The number of thioether (sulfide) groups is 1. The molecule has 2 heterocycles. The second-order valence-electron chi connectivity index (χ2n) is 4.02. The van der Waals surface area contributed by atoms with E-state index in [0.717, 1.165) is 32.1 Å². The molecule has 1 aliphatic heterocycles. The third-order valence-electron chi connectivity index (χ3n) is 2.87. The highest BCUT2D eigenvalue weighted by atomic mass is 35.5. The first kappa shape index (κ1) is 12.9. The van der Waals surface area contributed by atoms with Gasteiger partial charge in [-0.1, -0.05) is 11.6 Å². The van der Waals surface area contributed by atoms with E-state index in [1.54, 1.807) is 12.4 Å². The largest absolute Gasteiger partial charge is 0.338 e. The first-order valence-corrected chi connectivity index (χ1v) is 7.50. The Hall–Kier alpha value is -0.520. The molecule has 1 aliphatic rings. The van der Waals surface area contributed by atoms with Crippen LogP contribution in [-0.2, 0) is 0 Å². The predicted molar refractivity (Wildman–Crippen MR) is 74.1 cm³/mol. The van der Waals surface area contributed by atoms with Crippen molar-refractivity contribution in [2.24, 2.45) is 0 Å². The molecule has 0 unspecified atom stereocenters. The number of hydrogen-bond donors (Lipinski definition) is 0. The van der Waals surface area contributed by atoms with Gasteiger partial charge in [-0.05, 0) is 6.26 Å². The highest BCUT2D eigenvalue weighted by Gasteiger charge is 2.18. The minimum Gasteiger partial charge on any atom is -0.338 e. The van der Waals surface area contributed by atoms with Crippen LogP contribution < -0.4 is 4.90 Å². The van der Waals surface area contributed by atoms with E-state index in [1.807, 2.05) is 11.8 Å². The van der Waals surface area contributed by atoms with E-state index in [9.17, 15) is 0 Å². The van der Waals surface area contributed by atoms with Gasteiger partial charge in [-0.25, -0.2) is 9.97 Å². The summed E-state index contributed by atoms with van der Waals surface area (Å²) in [6.45, 7) is 5.35. The second kappa shape index (κ2) is 6.42. The van der Waals surface area contributed by atoms with Crippen molar-refractivity contribution in [3.63, 3.8) is 0 Å². The normalized spacial score (nSPS) is 17.4. The van der Waals surface area contributed by atoms with E-state index < -0.39 is 0 Å². The number of nitrogens with zero attached hydrogens (tertiary/aromatic N) is 4. The molecule has 1 aromatic rings. The van der Waals surface area contributed by atoms with Crippen molar-refractivity contribution in [1.29, 1.82) is 0 Å². The van der Waals surface area contributed by atoms with Crippen LogP contribution in [0, 0.1) is 0 Å². The van der Waals surface area contributed by atoms with Gasteiger partial charge in [0.25, 0.3) is 0 Å². The number of rotatable bonds is 4. The van der Waals surface area contributed by atoms with Crippen molar-refractivity contribution >= 4 is 29.3 Å². The molecule has 17 heavy (non-hydrogen) atoms. The van der Waals surface area contributed by atoms with Gasteiger partial charge in [-0.3, -0.25) is 4.90 Å². The minimum absolute atomic E-state index is 0.590. The molecule has 0 N–H and O–H groups in total. The Kier molecular flexibility index (Phi) is 4.88. The molecule has 0 saturated carbocycles. The van der Waals surface area contributed by atoms with Crippen molar-refractivity contribution in [3.8, 4) is 0 Å². The van der Waals surface area contributed by atoms with Gasteiger partial charge in [0.05, 0.1) is 17.4 Å². The third-order valence-corrected chi connectivity index (χ3v) is 3.66. The summed E-state index contributed by atoms with van der Waals surface area (Å²) in [5.74, 6) is 2.00. The fourth-order valence-electron chi connectivity index (χ4n) is 1.86. The Labute approximate surface area is 111 Å². The molecule has 0 radical (unpaired) electrons. The summed E-state index contributed by atoms with van der Waals surface area (Å²) < 4.78 is 0. The van der Waals surface area contributed by atoms with E-state index in [-0.39, 0.29) is 0 Å². The summed E-state index contributed by atoms with van der Waals surface area (Å²) in [5.41, 5.74) is 0. The third kappa shape index (κ3) is 3.72. The summed E-state index contributed by atoms with van der Waals surface area (Å²) in [6.07, 6.45) is 5.46. The Morgan fingerprint density at radius 1 is 1.24 bits per heavy atom. The van der Waals surface area contributed by atoms with Gasteiger partial charge in [0.15, 0.2) is 0 Å². The Morgan fingerprint density at radius 3 is 2.47 bits per heavy atom. The molecule has 6 heteroatoms. The van der Waals surface area contributed by atoms with Crippen LogP contribution >= 0.6 is 23.4 Å². The van der Waals surface area contributed by atoms with Crippen LogP contribution in [0.4, 0.5) is 5.95 Å². The zero-order valence-corrected chi connectivity index (χ0v) is 11.5. The van der Waals surface area contributed by atoms with Crippen molar-refractivity contribution in [2.45, 2.75) is 0 Å². The molecule has 0 bridgehead atoms. The highest BCUT2D eigenvalue weighted by molar-refractivity contribution is 7.98. The minimum atomic E-state index is 0.590. The Morgan fingerprint density at radius 2 is 1.88 bits per heavy atom. The van der Waals surface area contributed by atoms with Crippen LogP contribution in [0.15, 0.2) is 12.4 Å². The molecular weight excluding hydrogens is 256 g/mol. The highest BCUT2D eigenvalue weighted by Crippen LogP contribution is 2.12. The first-order valence-electron chi connectivity index (χ1n) is 5.73. The van der Waals surface area contributed by atoms with Crippen molar-refractivity contribution in [1.82, 2.24) is 14.9 Å². The molecule has 0 aliphatic carbocycles. The van der Waals surface area contributed by atoms with E-state index in [4.69, 9.17) is 11.6 Å². The van der Waals surface area contributed by atoms with Crippen LogP contribution in [0.25, 0.3) is 0 Å². The molecule has 0 aromatic carbocycles. The van der Waals surface area contributed by atoms with Gasteiger partial charge in [0, 0.05) is 38.5 Å². The average Bonchev–Trinajstić information content (AvgIpc) is 2.38. The lowest BCUT2D eigenvalue weighted by Crippen LogP contribution is -2.47. The Balaban J connectivity index is 1.84. The number of hydrogen-bond acceptors (Lipinski definition) is 5. The quantitative estimate of drug-likeness (QED) is 0.832. The van der Waals surface area contributed by atoms with E-state index >= 15 is 0 Å². The summed E-state index contributed by atoms with van der Waals surface area (Å²) in [6, 6.07) is 0. The lowest BCUT2D eigenvalue weighted by molar-refractivity contribution is 0.272. The molecule has 0 amide bonds. The van der Waals surface area contributed by atoms with E-state index in [0.29, 0.717) is 5.02 Å².